The third-order valence-electron chi connectivity index (χ3n) is 3.97. The summed E-state index contributed by atoms with van der Waals surface area (Å²) >= 11 is 0. The van der Waals surface area contributed by atoms with Crippen molar-refractivity contribution in [3.8, 4) is 0 Å². The highest BCUT2D eigenvalue weighted by molar-refractivity contribution is 6.43. The number of hydrogen-bond acceptors (Lipinski definition) is 2. The van der Waals surface area contributed by atoms with Crippen LogP contribution in [0.1, 0.15) is 22.3 Å². The molecule has 0 unspecified atom stereocenters. The Kier molecular flexibility index (Phi) is 4.17. The van der Waals surface area contributed by atoms with Crippen LogP contribution in [0.4, 0.5) is 13.2 Å². The Bertz CT molecular complexity index is 899. The number of benzene rings is 2. The predicted octanol–water partition coefficient (Wildman–Crippen LogP) is 4.63. The molecule has 1 aliphatic carbocycles. The van der Waals surface area contributed by atoms with E-state index in [1.807, 2.05) is 19.1 Å². The van der Waals surface area contributed by atoms with Crippen molar-refractivity contribution in [3.63, 3.8) is 0 Å². The van der Waals surface area contributed by atoms with E-state index in [-0.39, 0.29) is 22.5 Å². The number of hydrogen-bond donors (Lipinski definition) is 0. The van der Waals surface area contributed by atoms with Crippen LogP contribution in [-0.4, -0.2) is 11.6 Å². The summed E-state index contributed by atoms with van der Waals surface area (Å²) in [5, 5.41) is 0. The van der Waals surface area contributed by atoms with Gasteiger partial charge in [0, 0.05) is 11.1 Å². The first-order valence-corrected chi connectivity index (χ1v) is 7.52. The van der Waals surface area contributed by atoms with Crippen molar-refractivity contribution >= 4 is 22.7 Å². The van der Waals surface area contributed by atoms with E-state index in [4.69, 9.17) is 0 Å². The van der Waals surface area contributed by atoms with Gasteiger partial charge in [-0.25, -0.2) is 0 Å². The van der Waals surface area contributed by atoms with Crippen molar-refractivity contribution < 1.29 is 22.8 Å². The summed E-state index contributed by atoms with van der Waals surface area (Å²) in [7, 11) is 0. The Labute approximate surface area is 142 Å². The molecule has 3 rings (SSSR count). The Morgan fingerprint density at radius 2 is 1.08 bits per heavy atom. The maximum absolute atomic E-state index is 12.6. The normalized spacial score (nSPS) is 15.0. The first-order chi connectivity index (χ1) is 11.8. The summed E-state index contributed by atoms with van der Waals surface area (Å²) in [6.07, 6.45) is -2.03. The fourth-order valence-corrected chi connectivity index (χ4v) is 2.58. The second-order valence-corrected chi connectivity index (χ2v) is 5.79. The van der Waals surface area contributed by atoms with Crippen LogP contribution in [0.15, 0.2) is 60.7 Å². The van der Waals surface area contributed by atoms with Crippen LogP contribution < -0.4 is 0 Å². The van der Waals surface area contributed by atoms with Crippen molar-refractivity contribution in [2.45, 2.75) is 13.1 Å². The van der Waals surface area contributed by atoms with Crippen molar-refractivity contribution in [3.05, 3.63) is 82.9 Å². The van der Waals surface area contributed by atoms with Crippen LogP contribution in [0.3, 0.4) is 0 Å². The monoisotopic (exact) mass is 342 g/mol. The number of alkyl halides is 3. The molecule has 2 aromatic rings. The quantitative estimate of drug-likeness (QED) is 0.746. The predicted molar refractivity (Wildman–Crippen MR) is 88.6 cm³/mol. The van der Waals surface area contributed by atoms with Gasteiger partial charge in [-0.05, 0) is 42.3 Å². The van der Waals surface area contributed by atoms with Gasteiger partial charge in [0.05, 0.1) is 5.56 Å². The number of carbonyl (C=O) groups is 2. The van der Waals surface area contributed by atoms with Crippen molar-refractivity contribution in [1.82, 2.24) is 0 Å². The van der Waals surface area contributed by atoms with Crippen molar-refractivity contribution in [2.75, 3.05) is 0 Å². The summed E-state index contributed by atoms with van der Waals surface area (Å²) in [4.78, 5) is 24.7. The number of carbonyl (C=O) groups excluding carboxylic acids is 2. The van der Waals surface area contributed by atoms with E-state index in [0.29, 0.717) is 5.56 Å². The van der Waals surface area contributed by atoms with E-state index in [1.165, 1.54) is 24.3 Å². The minimum absolute atomic E-state index is 0.0922. The van der Waals surface area contributed by atoms with E-state index in [0.717, 1.165) is 17.7 Å². The zero-order valence-corrected chi connectivity index (χ0v) is 13.2. The molecule has 0 atom stereocenters. The number of aryl methyl sites for hydroxylation is 1. The molecule has 126 valence electrons. The SMILES string of the molecule is Cc1ccc(C2=CC(=O)C(c3ccc(C(F)(F)F)cc3)=CC2=O)cc1. The Balaban J connectivity index is 1.91. The lowest BCUT2D eigenvalue weighted by atomic mass is 9.88. The van der Waals surface area contributed by atoms with Crippen molar-refractivity contribution in [2.24, 2.45) is 0 Å². The van der Waals surface area contributed by atoms with Crippen molar-refractivity contribution in [1.29, 1.82) is 0 Å². The van der Waals surface area contributed by atoms with Gasteiger partial charge in [-0.1, -0.05) is 42.0 Å². The minimum Gasteiger partial charge on any atom is -0.289 e. The lowest BCUT2D eigenvalue weighted by Crippen LogP contribution is -2.12. The van der Waals surface area contributed by atoms with E-state index in [9.17, 15) is 22.8 Å². The molecule has 2 nitrogen and oxygen atoms in total. The van der Waals surface area contributed by atoms with E-state index >= 15 is 0 Å². The summed E-state index contributed by atoms with van der Waals surface area (Å²) in [6.45, 7) is 1.91. The van der Waals surface area contributed by atoms with E-state index in [1.54, 1.807) is 12.1 Å². The van der Waals surface area contributed by atoms with Gasteiger partial charge >= 0.3 is 6.18 Å². The highest BCUT2D eigenvalue weighted by Gasteiger charge is 2.30. The molecule has 0 bridgehead atoms. The molecule has 5 heteroatoms. The van der Waals surface area contributed by atoms with Crippen LogP contribution in [0.25, 0.3) is 11.1 Å². The molecule has 0 aliphatic heterocycles. The first-order valence-electron chi connectivity index (χ1n) is 7.52. The number of rotatable bonds is 2. The fraction of sp³-hybridized carbons (Fsp3) is 0.100. The van der Waals surface area contributed by atoms with Crippen LogP contribution in [0.5, 0.6) is 0 Å². The molecule has 25 heavy (non-hydrogen) atoms. The molecule has 1 aliphatic rings. The molecule has 0 amide bonds. The number of ketones is 2. The Morgan fingerprint density at radius 1 is 0.680 bits per heavy atom. The summed E-state index contributed by atoms with van der Waals surface area (Å²) in [5.41, 5.74) is 1.51. The van der Waals surface area contributed by atoms with Gasteiger partial charge in [-0.2, -0.15) is 13.2 Å². The maximum Gasteiger partial charge on any atom is 0.416 e. The zero-order valence-electron chi connectivity index (χ0n) is 13.2. The molecule has 0 heterocycles. The van der Waals surface area contributed by atoms with E-state index in [2.05, 4.69) is 0 Å². The molecular formula is C20H13F3O2. The van der Waals surface area contributed by atoms with Gasteiger partial charge in [0.15, 0.2) is 11.6 Å². The Morgan fingerprint density at radius 3 is 1.48 bits per heavy atom. The Hall–Kier alpha value is -2.95. The highest BCUT2D eigenvalue weighted by Crippen LogP contribution is 2.31. The highest BCUT2D eigenvalue weighted by atomic mass is 19.4. The van der Waals surface area contributed by atoms with Gasteiger partial charge in [-0.15, -0.1) is 0 Å². The average Bonchev–Trinajstić information content (AvgIpc) is 2.57. The standard InChI is InChI=1S/C20H13F3O2/c1-12-2-4-13(5-3-12)16-10-19(25)17(11-18(16)24)14-6-8-15(9-7-14)20(21,22)23/h2-11H,1H3. The molecule has 0 saturated carbocycles. The number of allylic oxidation sites excluding steroid dienone is 4. The van der Waals surface area contributed by atoms with Gasteiger partial charge in [0.1, 0.15) is 0 Å². The molecule has 0 spiro atoms. The average molecular weight is 342 g/mol. The fourth-order valence-electron chi connectivity index (χ4n) is 2.58. The number of halogens is 3. The van der Waals surface area contributed by atoms with Gasteiger partial charge in [0.25, 0.3) is 0 Å². The lowest BCUT2D eigenvalue weighted by Gasteiger charge is -2.14. The summed E-state index contributed by atoms with van der Waals surface area (Å²) < 4.78 is 37.9. The molecule has 2 aromatic carbocycles. The van der Waals surface area contributed by atoms with E-state index < -0.39 is 17.5 Å². The first kappa shape index (κ1) is 16.9. The molecule has 0 aromatic heterocycles. The van der Waals surface area contributed by atoms with Crippen LogP contribution in [-0.2, 0) is 15.8 Å². The van der Waals surface area contributed by atoms with Gasteiger partial charge in [-0.3, -0.25) is 9.59 Å². The summed E-state index contributed by atoms with van der Waals surface area (Å²) in [6, 6.07) is 11.4. The third kappa shape index (κ3) is 3.45. The molecule has 0 radical (unpaired) electrons. The molecule has 0 fully saturated rings. The lowest BCUT2D eigenvalue weighted by molar-refractivity contribution is -0.137. The smallest absolute Gasteiger partial charge is 0.289 e. The van der Waals surface area contributed by atoms with Gasteiger partial charge in [0.2, 0.25) is 0 Å². The second kappa shape index (κ2) is 6.16. The zero-order chi connectivity index (χ0) is 18.2. The topological polar surface area (TPSA) is 34.1 Å². The third-order valence-corrected chi connectivity index (χ3v) is 3.97. The minimum atomic E-state index is -4.45. The largest absolute Gasteiger partial charge is 0.416 e. The van der Waals surface area contributed by atoms with Crippen LogP contribution in [0.2, 0.25) is 0 Å². The van der Waals surface area contributed by atoms with Crippen LogP contribution >= 0.6 is 0 Å². The second-order valence-electron chi connectivity index (χ2n) is 5.79. The maximum atomic E-state index is 12.6. The molecule has 0 N–H and O–H groups in total. The summed E-state index contributed by atoms with van der Waals surface area (Å²) in [5.74, 6) is -0.756. The van der Waals surface area contributed by atoms with Gasteiger partial charge < -0.3 is 0 Å². The molecule has 0 saturated heterocycles. The molecular weight excluding hydrogens is 329 g/mol. The van der Waals surface area contributed by atoms with Crippen LogP contribution in [0, 0.1) is 6.92 Å².